The van der Waals surface area contributed by atoms with Gasteiger partial charge in [-0.15, -0.1) is 11.8 Å². The van der Waals surface area contributed by atoms with Crippen LogP contribution in [0.25, 0.3) is 0 Å². The van der Waals surface area contributed by atoms with Crippen molar-refractivity contribution in [1.82, 2.24) is 5.32 Å². The molecule has 1 amide bonds. The molecule has 4 N–H and O–H groups in total. The molecule has 0 unspecified atom stereocenters. The number of carbonyl (C=O) groups is 2. The summed E-state index contributed by atoms with van der Waals surface area (Å²) >= 11 is 0. The normalized spacial score (nSPS) is 11.7. The monoisotopic (exact) mass is 628 g/mol. The Morgan fingerprint density at radius 1 is 0.750 bits per heavy atom. The summed E-state index contributed by atoms with van der Waals surface area (Å²) in [5.41, 5.74) is 4.79. The van der Waals surface area contributed by atoms with Gasteiger partial charge in [-0.2, -0.15) is 0 Å². The van der Waals surface area contributed by atoms with Crippen molar-refractivity contribution in [2.45, 2.75) is 98.4 Å². The number of hydrogen-bond acceptors (Lipinski definition) is 6. The highest BCUT2D eigenvalue weighted by Crippen LogP contribution is 2.17. The first-order valence-electron chi connectivity index (χ1n) is 14.4. The molecule has 0 aliphatic carbocycles. The molecule has 0 radical (unpaired) electrons. The molecule has 2 aromatic rings. The number of halogens is 1. The molecule has 0 aliphatic heterocycles. The summed E-state index contributed by atoms with van der Waals surface area (Å²) in [6, 6.07) is 15.0. The zero-order chi connectivity index (χ0) is 32.5. The van der Waals surface area contributed by atoms with E-state index in [1.54, 1.807) is 60.6 Å². The third kappa shape index (κ3) is 19.4. The molecule has 0 spiro atoms. The molecule has 0 fully saturated rings. The van der Waals surface area contributed by atoms with Gasteiger partial charge in [0.2, 0.25) is 0 Å². The van der Waals surface area contributed by atoms with Crippen LogP contribution in [0.3, 0.4) is 0 Å². The largest absolute Gasteiger partial charge is 1.00 e. The quantitative estimate of drug-likeness (QED) is 0.308. The topological polar surface area (TPSA) is 111 Å². The SMILES string of the molecule is CC#CCOc1ccc(C[C@@H](C)[NH3+])cc1.CC#CCOc1ccc(C[C@H](NC(=O)OC(C)(C)C)C(=O)OC(C)(C)C)cc1.[Cl-]. The fourth-order valence-corrected chi connectivity index (χ4v) is 3.48. The summed E-state index contributed by atoms with van der Waals surface area (Å²) in [6.45, 7) is 17.1. The minimum atomic E-state index is -0.869. The van der Waals surface area contributed by atoms with E-state index < -0.39 is 29.3 Å². The number of carbonyl (C=O) groups excluding carboxylic acids is 2. The van der Waals surface area contributed by atoms with Crippen molar-refractivity contribution >= 4 is 12.1 Å². The van der Waals surface area contributed by atoms with E-state index in [1.165, 1.54) is 5.56 Å². The number of alkyl carbamates (subject to hydrolysis) is 1. The molecule has 0 saturated carbocycles. The van der Waals surface area contributed by atoms with E-state index in [1.807, 2.05) is 31.2 Å². The van der Waals surface area contributed by atoms with Crippen molar-refractivity contribution < 1.29 is 46.7 Å². The van der Waals surface area contributed by atoms with E-state index in [2.05, 4.69) is 53.8 Å². The van der Waals surface area contributed by atoms with Gasteiger partial charge in [-0.05, 0) is 97.7 Å². The summed E-state index contributed by atoms with van der Waals surface area (Å²) in [6.07, 6.45) is 0.611. The zero-order valence-electron chi connectivity index (χ0n) is 27.6. The Morgan fingerprint density at radius 2 is 1.16 bits per heavy atom. The predicted molar refractivity (Wildman–Crippen MR) is 170 cm³/mol. The molecule has 0 saturated heterocycles. The van der Waals surface area contributed by atoms with Crippen molar-refractivity contribution in [3.8, 4) is 35.2 Å². The number of quaternary nitrogens is 1. The van der Waals surface area contributed by atoms with Crippen LogP contribution in [0.4, 0.5) is 4.79 Å². The summed E-state index contributed by atoms with van der Waals surface area (Å²) in [5, 5.41) is 2.62. The molecule has 242 valence electrons. The van der Waals surface area contributed by atoms with Crippen LogP contribution >= 0.6 is 0 Å². The molecular weight excluding hydrogens is 580 g/mol. The maximum Gasteiger partial charge on any atom is 0.408 e. The van der Waals surface area contributed by atoms with Crippen LogP contribution in [-0.2, 0) is 27.1 Å². The Balaban J connectivity index is 0.000000975. The Labute approximate surface area is 270 Å². The van der Waals surface area contributed by atoms with Crippen molar-refractivity contribution in [2.24, 2.45) is 0 Å². The number of hydrogen-bond donors (Lipinski definition) is 2. The minimum Gasteiger partial charge on any atom is -1.00 e. The standard InChI is InChI=1S/C22H31NO5.C13H17NO.ClH/c1-8-9-14-26-17-12-10-16(11-13-17)15-18(19(24)27-21(2,3)4)23-20(25)28-22(5,6)7;1-3-4-9-15-13-7-5-12(6-8-13)10-11(2)14;/h10-13,18H,14-15H2,1-7H3,(H,23,25);5-8,11H,9-10,14H2,1-2H3;1H/t18-;11-;/m01./s1. The van der Waals surface area contributed by atoms with Gasteiger partial charge in [0.1, 0.15) is 42.0 Å². The van der Waals surface area contributed by atoms with Crippen LogP contribution in [0.5, 0.6) is 11.5 Å². The Bertz CT molecular complexity index is 1260. The second kappa shape index (κ2) is 20.2. The number of benzene rings is 2. The summed E-state index contributed by atoms with van der Waals surface area (Å²) < 4.78 is 21.6. The van der Waals surface area contributed by atoms with E-state index in [0.717, 1.165) is 17.7 Å². The lowest BCUT2D eigenvalue weighted by Crippen LogP contribution is -3.00. The second-order valence-electron chi connectivity index (χ2n) is 12.0. The van der Waals surface area contributed by atoms with Gasteiger partial charge in [0.05, 0.1) is 6.04 Å². The van der Waals surface area contributed by atoms with Crippen LogP contribution in [0.1, 0.15) is 73.4 Å². The maximum atomic E-state index is 12.6. The summed E-state index contributed by atoms with van der Waals surface area (Å²) in [7, 11) is 0. The highest BCUT2D eigenvalue weighted by atomic mass is 35.5. The molecule has 2 rings (SSSR count). The van der Waals surface area contributed by atoms with Gasteiger partial charge in [-0.3, -0.25) is 0 Å². The van der Waals surface area contributed by atoms with Crippen molar-refractivity contribution in [3.05, 3.63) is 59.7 Å². The average Bonchev–Trinajstić information content (AvgIpc) is 2.88. The van der Waals surface area contributed by atoms with Gasteiger partial charge in [-0.25, -0.2) is 9.59 Å². The Morgan fingerprint density at radius 3 is 1.52 bits per heavy atom. The minimum absolute atomic E-state index is 0. The van der Waals surface area contributed by atoms with E-state index in [-0.39, 0.29) is 18.8 Å². The molecule has 0 aliphatic rings. The van der Waals surface area contributed by atoms with Crippen LogP contribution in [0, 0.1) is 23.7 Å². The zero-order valence-corrected chi connectivity index (χ0v) is 28.4. The lowest BCUT2D eigenvalue weighted by atomic mass is 10.1. The van der Waals surface area contributed by atoms with Crippen LogP contribution in [0.15, 0.2) is 48.5 Å². The molecule has 0 bridgehead atoms. The third-order valence-corrected chi connectivity index (χ3v) is 5.23. The first-order valence-corrected chi connectivity index (χ1v) is 14.4. The fourth-order valence-electron chi connectivity index (χ4n) is 3.48. The Hall–Kier alpha value is -3.85. The van der Waals surface area contributed by atoms with Crippen molar-refractivity contribution in [3.63, 3.8) is 0 Å². The number of amides is 1. The van der Waals surface area contributed by atoms with Gasteiger partial charge in [0.15, 0.2) is 0 Å². The number of nitrogens with one attached hydrogen (secondary N) is 1. The molecular formula is C35H49ClN2O6. The smallest absolute Gasteiger partial charge is 0.408 e. The van der Waals surface area contributed by atoms with Crippen LogP contribution in [0.2, 0.25) is 0 Å². The third-order valence-electron chi connectivity index (χ3n) is 5.23. The van der Waals surface area contributed by atoms with Crippen LogP contribution < -0.4 is 32.9 Å². The first-order chi connectivity index (χ1) is 20.1. The van der Waals surface area contributed by atoms with Gasteiger partial charge >= 0.3 is 12.1 Å². The molecule has 8 nitrogen and oxygen atoms in total. The summed E-state index contributed by atoms with van der Waals surface area (Å²) in [4.78, 5) is 24.7. The lowest BCUT2D eigenvalue weighted by molar-refractivity contribution is -0.413. The van der Waals surface area contributed by atoms with Crippen molar-refractivity contribution in [2.75, 3.05) is 13.2 Å². The second-order valence-corrected chi connectivity index (χ2v) is 12.0. The number of esters is 1. The first kappa shape index (κ1) is 40.1. The van der Waals surface area contributed by atoms with Gasteiger partial charge < -0.3 is 42.4 Å². The van der Waals surface area contributed by atoms with Gasteiger partial charge in [0, 0.05) is 12.8 Å². The predicted octanol–water partition coefficient (Wildman–Crippen LogP) is 2.13. The molecule has 0 heterocycles. The summed E-state index contributed by atoms with van der Waals surface area (Å²) in [5.74, 6) is 12.3. The molecule has 2 aromatic carbocycles. The lowest BCUT2D eigenvalue weighted by Gasteiger charge is -2.26. The van der Waals surface area contributed by atoms with Gasteiger partial charge in [0.25, 0.3) is 0 Å². The molecule has 2 atom stereocenters. The molecule has 9 heteroatoms. The van der Waals surface area contributed by atoms with E-state index in [4.69, 9.17) is 18.9 Å². The number of rotatable bonds is 10. The van der Waals surface area contributed by atoms with E-state index in [0.29, 0.717) is 25.0 Å². The van der Waals surface area contributed by atoms with E-state index in [9.17, 15) is 9.59 Å². The Kier molecular flexibility index (Phi) is 18.4. The van der Waals surface area contributed by atoms with Crippen molar-refractivity contribution in [1.29, 1.82) is 0 Å². The molecule has 44 heavy (non-hydrogen) atoms. The highest BCUT2D eigenvalue weighted by molar-refractivity contribution is 5.82. The van der Waals surface area contributed by atoms with Gasteiger partial charge in [-0.1, -0.05) is 36.1 Å². The fraction of sp³-hybridized carbons (Fsp3) is 0.486. The van der Waals surface area contributed by atoms with Crippen LogP contribution in [-0.4, -0.2) is 48.6 Å². The number of ether oxygens (including phenoxy) is 4. The van der Waals surface area contributed by atoms with E-state index >= 15 is 0 Å². The molecule has 0 aromatic heterocycles. The highest BCUT2D eigenvalue weighted by Gasteiger charge is 2.29. The maximum absolute atomic E-state index is 12.6. The average molecular weight is 629 g/mol.